The van der Waals surface area contributed by atoms with Crippen molar-refractivity contribution in [3.63, 3.8) is 0 Å². The largest absolute Gasteiger partial charge is 0.453 e. The molecule has 2 aromatic rings. The van der Waals surface area contributed by atoms with Crippen molar-refractivity contribution in [2.24, 2.45) is 0 Å². The Morgan fingerprint density at radius 2 is 2.05 bits per heavy atom. The Morgan fingerprint density at radius 3 is 2.76 bits per heavy atom. The molecule has 1 aliphatic rings. The zero-order valence-electron chi connectivity index (χ0n) is 11.6. The lowest BCUT2D eigenvalue weighted by Crippen LogP contribution is -2.37. The SMILES string of the molecule is O=C1[C@H](NCc2ccc(Br)o2)CCN1Cc1ccccc1. The van der Waals surface area contributed by atoms with Crippen LogP contribution in [-0.2, 0) is 17.9 Å². The van der Waals surface area contributed by atoms with E-state index in [9.17, 15) is 4.79 Å². The zero-order valence-corrected chi connectivity index (χ0v) is 13.2. The van der Waals surface area contributed by atoms with E-state index in [1.54, 1.807) is 0 Å². The van der Waals surface area contributed by atoms with Crippen LogP contribution in [0.3, 0.4) is 0 Å². The number of benzene rings is 1. The molecule has 0 unspecified atom stereocenters. The van der Waals surface area contributed by atoms with Gasteiger partial charge >= 0.3 is 0 Å². The molecule has 4 nitrogen and oxygen atoms in total. The summed E-state index contributed by atoms with van der Waals surface area (Å²) in [6.07, 6.45) is 0.841. The molecule has 0 bridgehead atoms. The van der Waals surface area contributed by atoms with E-state index in [4.69, 9.17) is 4.42 Å². The fourth-order valence-corrected chi connectivity index (χ4v) is 2.90. The van der Waals surface area contributed by atoms with E-state index >= 15 is 0 Å². The number of halogens is 1. The van der Waals surface area contributed by atoms with E-state index in [2.05, 4.69) is 33.4 Å². The molecule has 2 heterocycles. The van der Waals surface area contributed by atoms with E-state index in [1.165, 1.54) is 5.56 Å². The lowest BCUT2D eigenvalue weighted by atomic mass is 10.2. The number of nitrogens with one attached hydrogen (secondary N) is 1. The minimum Gasteiger partial charge on any atom is -0.453 e. The van der Waals surface area contributed by atoms with Gasteiger partial charge in [-0.1, -0.05) is 30.3 Å². The first-order valence-electron chi connectivity index (χ1n) is 7.03. The summed E-state index contributed by atoms with van der Waals surface area (Å²) in [5.41, 5.74) is 1.17. The molecule has 3 rings (SSSR count). The van der Waals surface area contributed by atoms with Crippen molar-refractivity contribution in [3.8, 4) is 0 Å². The standard InChI is InChI=1S/C16H17BrN2O2/c17-15-7-6-13(21-15)10-18-14-8-9-19(16(14)20)11-12-4-2-1-3-5-12/h1-7,14,18H,8-11H2/t14-/m1/s1. The summed E-state index contributed by atoms with van der Waals surface area (Å²) >= 11 is 3.27. The van der Waals surface area contributed by atoms with Gasteiger partial charge in [0, 0.05) is 13.1 Å². The lowest BCUT2D eigenvalue weighted by molar-refractivity contribution is -0.129. The normalized spacial score (nSPS) is 18.4. The third-order valence-electron chi connectivity index (χ3n) is 3.67. The first-order chi connectivity index (χ1) is 10.2. The van der Waals surface area contributed by atoms with Crippen molar-refractivity contribution >= 4 is 21.8 Å². The third kappa shape index (κ3) is 3.54. The zero-order chi connectivity index (χ0) is 14.7. The number of hydrogen-bond acceptors (Lipinski definition) is 3. The van der Waals surface area contributed by atoms with E-state index in [-0.39, 0.29) is 11.9 Å². The highest BCUT2D eigenvalue weighted by Gasteiger charge is 2.31. The Hall–Kier alpha value is -1.59. The van der Waals surface area contributed by atoms with Crippen LogP contribution in [0.2, 0.25) is 0 Å². The molecule has 1 atom stereocenters. The number of likely N-dealkylation sites (tertiary alicyclic amines) is 1. The minimum absolute atomic E-state index is 0.113. The van der Waals surface area contributed by atoms with Crippen LogP contribution >= 0.6 is 15.9 Å². The van der Waals surface area contributed by atoms with Crippen LogP contribution in [-0.4, -0.2) is 23.4 Å². The average molecular weight is 349 g/mol. The van der Waals surface area contributed by atoms with Crippen LogP contribution in [0.25, 0.3) is 0 Å². The fourth-order valence-electron chi connectivity index (χ4n) is 2.56. The maximum Gasteiger partial charge on any atom is 0.240 e. The number of carbonyl (C=O) groups is 1. The molecule has 0 spiro atoms. The molecule has 1 saturated heterocycles. The van der Waals surface area contributed by atoms with Gasteiger partial charge in [0.15, 0.2) is 4.67 Å². The summed E-state index contributed by atoms with van der Waals surface area (Å²) in [6.45, 7) is 2.05. The number of amides is 1. The van der Waals surface area contributed by atoms with Gasteiger partial charge in [-0.25, -0.2) is 0 Å². The van der Waals surface area contributed by atoms with Gasteiger partial charge in [-0.3, -0.25) is 10.1 Å². The van der Waals surface area contributed by atoms with Crippen molar-refractivity contribution in [1.82, 2.24) is 10.2 Å². The average Bonchev–Trinajstić information content (AvgIpc) is 3.06. The fraction of sp³-hybridized carbons (Fsp3) is 0.312. The van der Waals surface area contributed by atoms with Crippen LogP contribution < -0.4 is 5.32 Å². The molecule has 1 fully saturated rings. The van der Waals surface area contributed by atoms with Crippen LogP contribution in [0.4, 0.5) is 0 Å². The van der Waals surface area contributed by atoms with Gasteiger partial charge < -0.3 is 9.32 Å². The minimum atomic E-state index is -0.113. The number of nitrogens with zero attached hydrogens (tertiary/aromatic N) is 1. The molecule has 21 heavy (non-hydrogen) atoms. The Morgan fingerprint density at radius 1 is 1.24 bits per heavy atom. The second-order valence-electron chi connectivity index (χ2n) is 5.17. The van der Waals surface area contributed by atoms with Gasteiger partial charge in [-0.2, -0.15) is 0 Å². The lowest BCUT2D eigenvalue weighted by Gasteiger charge is -2.17. The quantitative estimate of drug-likeness (QED) is 0.903. The van der Waals surface area contributed by atoms with E-state index < -0.39 is 0 Å². The number of carbonyl (C=O) groups excluding carboxylic acids is 1. The molecule has 1 aromatic heterocycles. The molecule has 0 saturated carbocycles. The van der Waals surface area contributed by atoms with E-state index in [0.717, 1.165) is 18.7 Å². The molecule has 0 aliphatic carbocycles. The molecular formula is C16H17BrN2O2. The second-order valence-corrected chi connectivity index (χ2v) is 5.95. The Bertz CT molecular complexity index is 612. The van der Waals surface area contributed by atoms with Gasteiger partial charge in [-0.05, 0) is 40.0 Å². The van der Waals surface area contributed by atoms with Crippen molar-refractivity contribution in [1.29, 1.82) is 0 Å². The predicted octanol–water partition coefficient (Wildman–Crippen LogP) is 2.93. The first-order valence-corrected chi connectivity index (χ1v) is 7.82. The van der Waals surface area contributed by atoms with Crippen LogP contribution in [0, 0.1) is 0 Å². The Balaban J connectivity index is 1.54. The van der Waals surface area contributed by atoms with Gasteiger partial charge in [-0.15, -0.1) is 0 Å². The van der Waals surface area contributed by atoms with Gasteiger partial charge in [0.2, 0.25) is 5.91 Å². The molecule has 1 aromatic carbocycles. The van der Waals surface area contributed by atoms with Crippen molar-refractivity contribution in [3.05, 3.63) is 58.5 Å². The highest BCUT2D eigenvalue weighted by Crippen LogP contribution is 2.17. The van der Waals surface area contributed by atoms with Gasteiger partial charge in [0.25, 0.3) is 0 Å². The molecular weight excluding hydrogens is 332 g/mol. The van der Waals surface area contributed by atoms with Crippen molar-refractivity contribution in [2.75, 3.05) is 6.54 Å². The van der Waals surface area contributed by atoms with Crippen molar-refractivity contribution in [2.45, 2.75) is 25.6 Å². The number of furan rings is 1. The number of hydrogen-bond donors (Lipinski definition) is 1. The van der Waals surface area contributed by atoms with Gasteiger partial charge in [0.1, 0.15) is 5.76 Å². The Labute approximate surface area is 132 Å². The monoisotopic (exact) mass is 348 g/mol. The van der Waals surface area contributed by atoms with E-state index in [1.807, 2.05) is 35.2 Å². The maximum absolute atomic E-state index is 12.4. The summed E-state index contributed by atoms with van der Waals surface area (Å²) in [7, 11) is 0. The van der Waals surface area contributed by atoms with Crippen LogP contribution in [0.15, 0.2) is 51.6 Å². The highest BCUT2D eigenvalue weighted by molar-refractivity contribution is 9.10. The molecule has 1 N–H and O–H groups in total. The smallest absolute Gasteiger partial charge is 0.240 e. The number of rotatable bonds is 5. The predicted molar refractivity (Wildman–Crippen MR) is 83.5 cm³/mol. The van der Waals surface area contributed by atoms with Gasteiger partial charge in [0.05, 0.1) is 12.6 Å². The molecule has 1 aliphatic heterocycles. The molecule has 0 radical (unpaired) electrons. The highest BCUT2D eigenvalue weighted by atomic mass is 79.9. The summed E-state index contributed by atoms with van der Waals surface area (Å²) in [5.74, 6) is 1.00. The maximum atomic E-state index is 12.4. The summed E-state index contributed by atoms with van der Waals surface area (Å²) < 4.78 is 6.14. The van der Waals surface area contributed by atoms with Crippen molar-refractivity contribution < 1.29 is 9.21 Å². The summed E-state index contributed by atoms with van der Waals surface area (Å²) in [4.78, 5) is 14.3. The van der Waals surface area contributed by atoms with E-state index in [0.29, 0.717) is 17.8 Å². The summed E-state index contributed by atoms with van der Waals surface area (Å²) in [5, 5.41) is 3.27. The third-order valence-corrected chi connectivity index (χ3v) is 4.09. The van der Waals surface area contributed by atoms with Crippen LogP contribution in [0.1, 0.15) is 17.7 Å². The molecule has 5 heteroatoms. The Kier molecular flexibility index (Phi) is 4.41. The summed E-state index contributed by atoms with van der Waals surface area (Å²) in [6, 6.07) is 13.7. The van der Waals surface area contributed by atoms with Crippen LogP contribution in [0.5, 0.6) is 0 Å². The first kappa shape index (κ1) is 14.4. The topological polar surface area (TPSA) is 45.5 Å². The second kappa shape index (κ2) is 6.45. The molecule has 1 amide bonds. The molecule has 110 valence electrons.